The number of hydrogen-bond donors (Lipinski definition) is 2. The molecule has 3 N–H and O–H groups in total. The Morgan fingerprint density at radius 1 is 1.14 bits per heavy atom. The van der Waals surface area contributed by atoms with Gasteiger partial charge in [0.25, 0.3) is 0 Å². The zero-order chi connectivity index (χ0) is 26.6. The van der Waals surface area contributed by atoms with Crippen LogP contribution in [-0.4, -0.2) is 52.7 Å². The van der Waals surface area contributed by atoms with E-state index in [9.17, 15) is 4.79 Å². The number of likely N-dealkylation sites (tertiary alicyclic amines) is 1. The summed E-state index contributed by atoms with van der Waals surface area (Å²) in [5.74, 6) is 2.45. The number of para-hydroxylation sites is 1. The van der Waals surface area contributed by atoms with Gasteiger partial charge in [-0.15, -0.1) is 0 Å². The Bertz CT molecular complexity index is 1240. The Hall–Kier alpha value is -3.94. The van der Waals surface area contributed by atoms with E-state index in [0.717, 1.165) is 31.6 Å². The monoisotopic (exact) mass is 500 g/mol. The molecule has 1 aromatic heterocycles. The van der Waals surface area contributed by atoms with Crippen LogP contribution in [0, 0.1) is 10.8 Å². The highest BCUT2D eigenvalue weighted by atomic mass is 16.5. The highest BCUT2D eigenvalue weighted by Crippen LogP contribution is 2.31. The van der Waals surface area contributed by atoms with Crippen LogP contribution in [0.15, 0.2) is 60.9 Å². The summed E-state index contributed by atoms with van der Waals surface area (Å²) >= 11 is 0. The standard InChI is InChI=1S/C29H36N6O2/c1-5-29(2,3)28(36)35-17-9-10-21(18-35)34(4)27-24(26(31)32-19-33-27)25(30)20-13-15-23(16-14-20)37-22-11-7-6-8-12-22/h6-8,11-16,19,21,30H,5,9-10,17-18H2,1-4H3,(H2,31,32,33)/t21-/m1/s1. The van der Waals surface area contributed by atoms with Crippen molar-refractivity contribution in [1.82, 2.24) is 14.9 Å². The number of nitrogens with two attached hydrogens (primary N) is 1. The summed E-state index contributed by atoms with van der Waals surface area (Å²) in [6.07, 6.45) is 4.06. The van der Waals surface area contributed by atoms with Gasteiger partial charge in [0.1, 0.15) is 29.5 Å². The molecule has 0 radical (unpaired) electrons. The van der Waals surface area contributed by atoms with Gasteiger partial charge in [-0.05, 0) is 55.7 Å². The Morgan fingerprint density at radius 2 is 1.81 bits per heavy atom. The first-order chi connectivity index (χ1) is 17.7. The molecule has 1 amide bonds. The molecule has 0 saturated carbocycles. The molecule has 0 unspecified atom stereocenters. The maximum absolute atomic E-state index is 13.1. The van der Waals surface area contributed by atoms with E-state index in [-0.39, 0.29) is 28.9 Å². The number of piperidine rings is 1. The summed E-state index contributed by atoms with van der Waals surface area (Å²) in [5, 5.41) is 8.97. The van der Waals surface area contributed by atoms with Crippen LogP contribution in [-0.2, 0) is 4.79 Å². The van der Waals surface area contributed by atoms with E-state index in [1.54, 1.807) is 0 Å². The first-order valence-electron chi connectivity index (χ1n) is 12.8. The van der Waals surface area contributed by atoms with Gasteiger partial charge in [-0.2, -0.15) is 0 Å². The van der Waals surface area contributed by atoms with Crippen molar-refractivity contribution in [3.63, 3.8) is 0 Å². The summed E-state index contributed by atoms with van der Waals surface area (Å²) < 4.78 is 5.88. The summed E-state index contributed by atoms with van der Waals surface area (Å²) in [7, 11) is 1.96. The Balaban J connectivity index is 1.55. The van der Waals surface area contributed by atoms with Gasteiger partial charge in [0, 0.05) is 37.2 Å². The largest absolute Gasteiger partial charge is 0.457 e. The minimum Gasteiger partial charge on any atom is -0.457 e. The molecule has 4 rings (SSSR count). The SMILES string of the molecule is CCC(C)(C)C(=O)N1CCC[C@@H](N(C)c2ncnc(N)c2C(=N)c2ccc(Oc3ccccc3)cc2)C1. The van der Waals surface area contributed by atoms with Crippen molar-refractivity contribution in [2.75, 3.05) is 30.8 Å². The number of likely N-dealkylation sites (N-methyl/N-ethyl adjacent to an activating group) is 1. The topological polar surface area (TPSA) is 108 Å². The number of anilines is 2. The van der Waals surface area contributed by atoms with Crippen LogP contribution in [0.1, 0.15) is 51.2 Å². The summed E-state index contributed by atoms with van der Waals surface area (Å²) in [6.45, 7) is 7.43. The maximum Gasteiger partial charge on any atom is 0.228 e. The molecule has 1 atom stereocenters. The summed E-state index contributed by atoms with van der Waals surface area (Å²) in [4.78, 5) is 25.9. The van der Waals surface area contributed by atoms with Crippen LogP contribution in [0.2, 0.25) is 0 Å². The zero-order valence-corrected chi connectivity index (χ0v) is 22.1. The number of rotatable bonds is 8. The van der Waals surface area contributed by atoms with Crippen LogP contribution >= 0.6 is 0 Å². The molecule has 1 aliphatic heterocycles. The van der Waals surface area contributed by atoms with E-state index in [1.807, 2.05) is 92.2 Å². The van der Waals surface area contributed by atoms with Gasteiger partial charge >= 0.3 is 0 Å². The van der Waals surface area contributed by atoms with Gasteiger partial charge in [-0.1, -0.05) is 39.0 Å². The van der Waals surface area contributed by atoms with Crippen molar-refractivity contribution < 1.29 is 9.53 Å². The molecule has 8 nitrogen and oxygen atoms in total. The molecule has 2 heterocycles. The lowest BCUT2D eigenvalue weighted by Crippen LogP contribution is -2.52. The van der Waals surface area contributed by atoms with Gasteiger partial charge in [0.05, 0.1) is 11.3 Å². The summed E-state index contributed by atoms with van der Waals surface area (Å²) in [6, 6.07) is 17.0. The molecule has 1 fully saturated rings. The van der Waals surface area contributed by atoms with E-state index in [0.29, 0.717) is 29.2 Å². The Labute approximate surface area is 219 Å². The second-order valence-corrected chi connectivity index (χ2v) is 10.2. The first kappa shape index (κ1) is 26.1. The fraction of sp³-hybridized carbons (Fsp3) is 0.379. The van der Waals surface area contributed by atoms with E-state index in [2.05, 4.69) is 9.97 Å². The molecule has 2 aromatic carbocycles. The van der Waals surface area contributed by atoms with Crippen LogP contribution in [0.4, 0.5) is 11.6 Å². The molecule has 0 aliphatic carbocycles. The van der Waals surface area contributed by atoms with E-state index in [4.69, 9.17) is 15.9 Å². The van der Waals surface area contributed by atoms with Gasteiger partial charge in [-0.3, -0.25) is 10.2 Å². The van der Waals surface area contributed by atoms with Crippen LogP contribution in [0.25, 0.3) is 0 Å². The molecule has 1 saturated heterocycles. The number of amides is 1. The third kappa shape index (κ3) is 5.74. The number of benzene rings is 2. The Morgan fingerprint density at radius 3 is 2.49 bits per heavy atom. The van der Waals surface area contributed by atoms with Gasteiger partial charge in [-0.25, -0.2) is 9.97 Å². The van der Waals surface area contributed by atoms with Crippen LogP contribution < -0.4 is 15.4 Å². The number of ether oxygens (including phenoxy) is 1. The van der Waals surface area contributed by atoms with Gasteiger partial charge < -0.3 is 20.3 Å². The average molecular weight is 501 g/mol. The minimum absolute atomic E-state index is 0.0628. The molecule has 0 bridgehead atoms. The van der Waals surface area contributed by atoms with Crippen molar-refractivity contribution in [1.29, 1.82) is 5.41 Å². The van der Waals surface area contributed by atoms with E-state index < -0.39 is 0 Å². The second-order valence-electron chi connectivity index (χ2n) is 10.2. The number of aromatic nitrogens is 2. The molecule has 3 aromatic rings. The number of nitrogen functional groups attached to an aromatic ring is 1. The van der Waals surface area contributed by atoms with Gasteiger partial charge in [0.15, 0.2) is 0 Å². The predicted octanol–water partition coefficient (Wildman–Crippen LogP) is 5.13. The van der Waals surface area contributed by atoms with E-state index >= 15 is 0 Å². The third-order valence-corrected chi connectivity index (χ3v) is 7.26. The fourth-order valence-corrected chi connectivity index (χ4v) is 4.56. The number of carbonyl (C=O) groups is 1. The first-order valence-corrected chi connectivity index (χ1v) is 12.8. The quantitative estimate of drug-likeness (QED) is 0.415. The molecule has 1 aliphatic rings. The normalized spacial score (nSPS) is 15.8. The fourth-order valence-electron chi connectivity index (χ4n) is 4.56. The molecule has 0 spiro atoms. The van der Waals surface area contributed by atoms with Crippen molar-refractivity contribution in [2.45, 2.75) is 46.1 Å². The van der Waals surface area contributed by atoms with Crippen molar-refractivity contribution in [3.8, 4) is 11.5 Å². The molecular weight excluding hydrogens is 464 g/mol. The van der Waals surface area contributed by atoms with Crippen molar-refractivity contribution in [3.05, 3.63) is 72.1 Å². The van der Waals surface area contributed by atoms with Crippen LogP contribution in [0.3, 0.4) is 0 Å². The average Bonchev–Trinajstić information content (AvgIpc) is 2.92. The van der Waals surface area contributed by atoms with Crippen LogP contribution in [0.5, 0.6) is 11.5 Å². The van der Waals surface area contributed by atoms with Gasteiger partial charge in [0.2, 0.25) is 5.91 Å². The number of nitrogens with zero attached hydrogens (tertiary/aromatic N) is 4. The highest BCUT2D eigenvalue weighted by Gasteiger charge is 2.35. The lowest BCUT2D eigenvalue weighted by Gasteiger charge is -2.41. The minimum atomic E-state index is -0.385. The Kier molecular flexibility index (Phi) is 7.76. The smallest absolute Gasteiger partial charge is 0.228 e. The number of hydrogen-bond acceptors (Lipinski definition) is 7. The number of nitrogens with one attached hydrogen (secondary N) is 1. The molecule has 37 heavy (non-hydrogen) atoms. The molecule has 8 heteroatoms. The second kappa shape index (κ2) is 11.0. The maximum atomic E-state index is 13.1. The van der Waals surface area contributed by atoms with E-state index in [1.165, 1.54) is 6.33 Å². The molecule has 194 valence electrons. The highest BCUT2D eigenvalue weighted by molar-refractivity contribution is 6.16. The van der Waals surface area contributed by atoms with Crippen molar-refractivity contribution >= 4 is 23.3 Å². The summed E-state index contributed by atoms with van der Waals surface area (Å²) in [5.41, 5.74) is 7.32. The lowest BCUT2D eigenvalue weighted by atomic mass is 9.87. The number of carbonyl (C=O) groups excluding carboxylic acids is 1. The van der Waals surface area contributed by atoms with Crippen molar-refractivity contribution in [2.24, 2.45) is 5.41 Å². The lowest BCUT2D eigenvalue weighted by molar-refractivity contribution is -0.141. The predicted molar refractivity (Wildman–Crippen MR) is 147 cm³/mol. The third-order valence-electron chi connectivity index (χ3n) is 7.26. The molecular formula is C29H36N6O2. The zero-order valence-electron chi connectivity index (χ0n) is 22.1.